The topological polar surface area (TPSA) is 56.3 Å². The second kappa shape index (κ2) is 11.8. The van der Waals surface area contributed by atoms with Gasteiger partial charge < -0.3 is 20.4 Å². The van der Waals surface area contributed by atoms with Crippen LogP contribution in [0, 0.1) is 5.92 Å². The Balaban J connectivity index is 0.00000320. The molecule has 4 aromatic rings. The van der Waals surface area contributed by atoms with E-state index < -0.39 is 0 Å². The predicted molar refractivity (Wildman–Crippen MR) is 160 cm³/mol. The lowest BCUT2D eigenvalue weighted by Gasteiger charge is -2.29. The fraction of sp³-hybridized carbons (Fsp3) is 0.419. The summed E-state index contributed by atoms with van der Waals surface area (Å²) in [6.07, 6.45) is 4.75. The lowest BCUT2D eigenvalue weighted by molar-refractivity contribution is 0.324. The van der Waals surface area contributed by atoms with Crippen LogP contribution in [0.2, 0.25) is 0 Å². The van der Waals surface area contributed by atoms with Gasteiger partial charge in [-0.2, -0.15) is 4.98 Å². The summed E-state index contributed by atoms with van der Waals surface area (Å²) >= 11 is 0. The number of anilines is 3. The summed E-state index contributed by atoms with van der Waals surface area (Å²) in [5, 5.41) is 11.1. The minimum Gasteiger partial charge on any atom is -0.377 e. The Bertz CT molecular complexity index is 1320. The Labute approximate surface area is 222 Å². The Morgan fingerprint density at radius 3 is 2.14 bits per heavy atom. The third-order valence-electron chi connectivity index (χ3n) is 7.41. The summed E-state index contributed by atoms with van der Waals surface area (Å²) in [5.41, 5.74) is 3.63. The first-order chi connectivity index (χ1) is 17.5. The average molecular weight is 499 g/mol. The van der Waals surface area contributed by atoms with Crippen LogP contribution in [0.3, 0.4) is 0 Å². The fourth-order valence-electron chi connectivity index (χ4n) is 5.46. The number of fused-ring (bicyclic) bond motifs is 2. The molecule has 1 heterocycles. The van der Waals surface area contributed by atoms with Gasteiger partial charge in [-0.1, -0.05) is 49.9 Å². The van der Waals surface area contributed by atoms with Crippen LogP contribution in [0.25, 0.3) is 21.7 Å². The van der Waals surface area contributed by atoms with Crippen LogP contribution in [-0.4, -0.2) is 50.7 Å². The van der Waals surface area contributed by atoms with E-state index >= 15 is 0 Å². The van der Waals surface area contributed by atoms with Crippen LogP contribution < -0.4 is 20.4 Å². The molecule has 0 bridgehead atoms. The second-order valence-corrected chi connectivity index (χ2v) is 10.5. The van der Waals surface area contributed by atoms with E-state index in [1.165, 1.54) is 34.9 Å². The van der Waals surface area contributed by atoms with Crippen molar-refractivity contribution >= 4 is 39.1 Å². The van der Waals surface area contributed by atoms with Crippen LogP contribution in [0.4, 0.5) is 17.5 Å². The highest BCUT2D eigenvalue weighted by atomic mass is 15.2. The summed E-state index contributed by atoms with van der Waals surface area (Å²) < 4.78 is 0. The van der Waals surface area contributed by atoms with E-state index in [2.05, 4.69) is 83.1 Å². The van der Waals surface area contributed by atoms with Crippen LogP contribution >= 0.6 is 0 Å². The Morgan fingerprint density at radius 2 is 1.43 bits per heavy atom. The van der Waals surface area contributed by atoms with Crippen molar-refractivity contribution in [3.8, 4) is 0 Å². The Kier molecular flexibility index (Phi) is 8.49. The molecular weight excluding hydrogens is 456 g/mol. The molecule has 1 saturated carbocycles. The smallest absolute Gasteiger partial charge is 0.225 e. The lowest BCUT2D eigenvalue weighted by atomic mass is 9.86. The number of nitrogens with one attached hydrogen (secondary N) is 2. The molecule has 0 saturated heterocycles. The van der Waals surface area contributed by atoms with Gasteiger partial charge in [0.05, 0.1) is 5.52 Å². The molecule has 0 aliphatic heterocycles. The van der Waals surface area contributed by atoms with Gasteiger partial charge in [-0.3, -0.25) is 0 Å². The van der Waals surface area contributed by atoms with E-state index in [0.717, 1.165) is 48.6 Å². The van der Waals surface area contributed by atoms with Gasteiger partial charge >= 0.3 is 0 Å². The third kappa shape index (κ3) is 5.96. The summed E-state index contributed by atoms with van der Waals surface area (Å²) in [6, 6.07) is 21.9. The zero-order valence-electron chi connectivity index (χ0n) is 22.0. The molecule has 3 aromatic carbocycles. The number of aromatic nitrogens is 2. The highest BCUT2D eigenvalue weighted by molar-refractivity contribution is 5.96. The summed E-state index contributed by atoms with van der Waals surface area (Å²) in [6.45, 7) is 1.97. The number of hydrogen-bond acceptors (Lipinski definition) is 6. The second-order valence-electron chi connectivity index (χ2n) is 10.5. The minimum atomic E-state index is 0. The van der Waals surface area contributed by atoms with Crippen LogP contribution in [0.1, 0.15) is 38.7 Å². The van der Waals surface area contributed by atoms with Gasteiger partial charge in [-0.25, -0.2) is 4.98 Å². The number of hydrogen-bond donors (Lipinski definition) is 2. The highest BCUT2D eigenvalue weighted by Gasteiger charge is 2.22. The van der Waals surface area contributed by atoms with E-state index in [1.54, 1.807) is 0 Å². The minimum absolute atomic E-state index is 0. The number of benzene rings is 3. The van der Waals surface area contributed by atoms with Crippen molar-refractivity contribution in [3.05, 3.63) is 66.2 Å². The highest BCUT2D eigenvalue weighted by Crippen LogP contribution is 2.30. The quantitative estimate of drug-likeness (QED) is 0.297. The number of para-hydroxylation sites is 1. The zero-order chi connectivity index (χ0) is 25.1. The molecule has 1 aliphatic carbocycles. The number of rotatable bonds is 8. The van der Waals surface area contributed by atoms with Crippen molar-refractivity contribution in [1.82, 2.24) is 15.3 Å². The monoisotopic (exact) mass is 498 g/mol. The van der Waals surface area contributed by atoms with Crippen molar-refractivity contribution in [1.29, 1.82) is 0 Å². The summed E-state index contributed by atoms with van der Waals surface area (Å²) in [5.74, 6) is 2.42. The van der Waals surface area contributed by atoms with Gasteiger partial charge in [0.1, 0.15) is 5.82 Å². The van der Waals surface area contributed by atoms with Crippen molar-refractivity contribution in [2.24, 2.45) is 5.92 Å². The van der Waals surface area contributed by atoms with Crippen LogP contribution in [-0.2, 0) is 6.54 Å². The van der Waals surface area contributed by atoms with E-state index in [4.69, 9.17) is 9.97 Å². The average Bonchev–Trinajstić information content (AvgIpc) is 2.89. The third-order valence-corrected chi connectivity index (χ3v) is 7.41. The number of nitrogens with zero attached hydrogens (tertiary/aromatic N) is 4. The normalized spacial score (nSPS) is 17.4. The molecule has 196 valence electrons. The van der Waals surface area contributed by atoms with Gasteiger partial charge in [-0.05, 0) is 67.3 Å². The van der Waals surface area contributed by atoms with E-state index in [9.17, 15) is 0 Å². The van der Waals surface area contributed by atoms with Crippen molar-refractivity contribution in [2.75, 3.05) is 49.9 Å². The van der Waals surface area contributed by atoms with Crippen molar-refractivity contribution in [2.45, 2.75) is 45.7 Å². The summed E-state index contributed by atoms with van der Waals surface area (Å²) in [7, 11) is 8.29. The molecule has 0 unspecified atom stereocenters. The SMILES string of the molecule is C.CN(C)c1nc(NC2CCC(CNCc3ccc(N(C)C)c4ccccc34)CC2)nc2ccccc12. The van der Waals surface area contributed by atoms with E-state index in [1.807, 2.05) is 26.2 Å². The van der Waals surface area contributed by atoms with Crippen molar-refractivity contribution < 1.29 is 0 Å². The van der Waals surface area contributed by atoms with Gasteiger partial charge in [-0.15, -0.1) is 0 Å². The largest absolute Gasteiger partial charge is 0.377 e. The summed E-state index contributed by atoms with van der Waals surface area (Å²) in [4.78, 5) is 13.9. The van der Waals surface area contributed by atoms with Gasteiger partial charge in [0, 0.05) is 57.2 Å². The Morgan fingerprint density at radius 1 is 0.757 bits per heavy atom. The molecule has 0 radical (unpaired) electrons. The molecule has 2 N–H and O–H groups in total. The maximum atomic E-state index is 4.83. The lowest BCUT2D eigenvalue weighted by Crippen LogP contribution is -2.31. The molecule has 6 heteroatoms. The predicted octanol–water partition coefficient (Wildman–Crippen LogP) is 6.31. The standard InChI is InChI=1S/C30H38N6.CH4/c1-35(2)28-18-15-22(24-9-5-6-10-25(24)28)20-31-19-21-13-16-23(17-14-21)32-30-33-27-12-8-7-11-26(27)29(34-30)36(3)4;/h5-12,15,18,21,23,31H,13-14,16-17,19-20H2,1-4H3,(H,32,33,34);1H4. The van der Waals surface area contributed by atoms with Gasteiger partial charge in [0.2, 0.25) is 5.95 Å². The first-order valence-corrected chi connectivity index (χ1v) is 13.1. The molecule has 5 rings (SSSR count). The zero-order valence-corrected chi connectivity index (χ0v) is 22.0. The van der Waals surface area contributed by atoms with E-state index in [0.29, 0.717) is 12.0 Å². The van der Waals surface area contributed by atoms with Crippen molar-refractivity contribution in [3.63, 3.8) is 0 Å². The molecule has 1 aromatic heterocycles. The molecule has 6 nitrogen and oxygen atoms in total. The molecule has 1 aliphatic rings. The van der Waals surface area contributed by atoms with Crippen LogP contribution in [0.15, 0.2) is 60.7 Å². The molecular formula is C31H42N6. The maximum absolute atomic E-state index is 4.83. The van der Waals surface area contributed by atoms with Gasteiger partial charge in [0.25, 0.3) is 0 Å². The van der Waals surface area contributed by atoms with E-state index in [-0.39, 0.29) is 7.43 Å². The van der Waals surface area contributed by atoms with Gasteiger partial charge in [0.15, 0.2) is 0 Å². The maximum Gasteiger partial charge on any atom is 0.225 e. The molecule has 37 heavy (non-hydrogen) atoms. The Hall–Kier alpha value is -3.38. The molecule has 1 fully saturated rings. The first kappa shape index (κ1) is 26.7. The fourth-order valence-corrected chi connectivity index (χ4v) is 5.46. The molecule has 0 atom stereocenters. The first-order valence-electron chi connectivity index (χ1n) is 13.1. The molecule has 0 amide bonds. The molecule has 0 spiro atoms. The van der Waals surface area contributed by atoms with Crippen LogP contribution in [0.5, 0.6) is 0 Å².